The number of amides is 1. The van der Waals surface area contributed by atoms with Crippen molar-refractivity contribution >= 4 is 51.7 Å². The third kappa shape index (κ3) is 4.89. The number of nitriles is 1. The number of fused-ring (bicyclic) bond motifs is 1. The van der Waals surface area contributed by atoms with Gasteiger partial charge in [-0.15, -0.1) is 23.1 Å². The predicted molar refractivity (Wildman–Crippen MR) is 128 cm³/mol. The van der Waals surface area contributed by atoms with Crippen LogP contribution < -0.4 is 5.32 Å². The van der Waals surface area contributed by atoms with Crippen LogP contribution in [0.1, 0.15) is 16.1 Å². The van der Waals surface area contributed by atoms with E-state index in [0.717, 1.165) is 9.77 Å². The van der Waals surface area contributed by atoms with Crippen molar-refractivity contribution in [2.24, 2.45) is 7.05 Å². The van der Waals surface area contributed by atoms with Crippen LogP contribution in [0.3, 0.4) is 0 Å². The SMILES string of the molecule is Cc1nn(C)c2nc(-c3cccs3)cc(C(=O)OCC(=O)Nc3ccccc3SCC#N)c12. The number of thioether (sulfide) groups is 1. The van der Waals surface area contributed by atoms with Gasteiger partial charge in [-0.1, -0.05) is 18.2 Å². The van der Waals surface area contributed by atoms with Gasteiger partial charge >= 0.3 is 5.97 Å². The molecule has 0 atom stereocenters. The molecule has 1 aromatic carbocycles. The Morgan fingerprint density at radius 3 is 2.85 bits per heavy atom. The summed E-state index contributed by atoms with van der Waals surface area (Å²) in [5, 5.41) is 18.5. The molecule has 4 rings (SSSR count). The minimum atomic E-state index is -0.626. The maximum Gasteiger partial charge on any atom is 0.339 e. The molecule has 3 heterocycles. The van der Waals surface area contributed by atoms with Crippen molar-refractivity contribution in [1.82, 2.24) is 14.8 Å². The Hall–Kier alpha value is -3.68. The standard InChI is InChI=1S/C23H19N5O3S2/c1-14-21-15(12-17(19-8-5-10-32-19)26-22(21)28(2)27-14)23(30)31-13-20(29)25-16-6-3-4-7-18(16)33-11-9-24/h3-8,10,12H,11,13H2,1-2H3,(H,25,29). The number of rotatable bonds is 7. The van der Waals surface area contributed by atoms with Gasteiger partial charge in [0, 0.05) is 11.9 Å². The lowest BCUT2D eigenvalue weighted by atomic mass is 10.1. The first-order valence-electron chi connectivity index (χ1n) is 9.92. The van der Waals surface area contributed by atoms with Gasteiger partial charge in [0.15, 0.2) is 12.3 Å². The van der Waals surface area contributed by atoms with Crippen molar-refractivity contribution in [2.75, 3.05) is 17.7 Å². The van der Waals surface area contributed by atoms with Crippen molar-refractivity contribution in [3.63, 3.8) is 0 Å². The molecule has 1 N–H and O–H groups in total. The summed E-state index contributed by atoms with van der Waals surface area (Å²) in [7, 11) is 1.77. The molecule has 0 saturated heterocycles. The van der Waals surface area contributed by atoms with Crippen LogP contribution in [0.5, 0.6) is 0 Å². The number of anilines is 1. The van der Waals surface area contributed by atoms with Crippen LogP contribution in [0.2, 0.25) is 0 Å². The van der Waals surface area contributed by atoms with Crippen LogP contribution in [0.25, 0.3) is 21.6 Å². The zero-order valence-corrected chi connectivity index (χ0v) is 19.5. The molecule has 0 saturated carbocycles. The van der Waals surface area contributed by atoms with Gasteiger partial charge in [-0.05, 0) is 36.6 Å². The molecular weight excluding hydrogens is 458 g/mol. The zero-order valence-electron chi connectivity index (χ0n) is 17.9. The summed E-state index contributed by atoms with van der Waals surface area (Å²) in [6, 6.07) is 14.7. The summed E-state index contributed by atoms with van der Waals surface area (Å²) in [6.45, 7) is 1.35. The molecule has 0 unspecified atom stereocenters. The van der Waals surface area contributed by atoms with Crippen molar-refractivity contribution in [3.8, 4) is 16.6 Å². The number of benzene rings is 1. The number of ether oxygens (including phenoxy) is 1. The zero-order chi connectivity index (χ0) is 23.4. The summed E-state index contributed by atoms with van der Waals surface area (Å²) in [5.74, 6) is -0.838. The van der Waals surface area contributed by atoms with E-state index in [1.807, 2.05) is 29.6 Å². The summed E-state index contributed by atoms with van der Waals surface area (Å²) < 4.78 is 6.98. The van der Waals surface area contributed by atoms with Crippen molar-refractivity contribution in [1.29, 1.82) is 5.26 Å². The Bertz CT molecular complexity index is 1370. The van der Waals surface area contributed by atoms with Gasteiger partial charge in [-0.3, -0.25) is 9.48 Å². The highest BCUT2D eigenvalue weighted by molar-refractivity contribution is 7.99. The Balaban J connectivity index is 1.54. The van der Waals surface area contributed by atoms with Gasteiger partial charge in [0.25, 0.3) is 5.91 Å². The van der Waals surface area contributed by atoms with E-state index in [4.69, 9.17) is 10.00 Å². The highest BCUT2D eigenvalue weighted by Crippen LogP contribution is 2.30. The van der Waals surface area contributed by atoms with Crippen molar-refractivity contribution in [2.45, 2.75) is 11.8 Å². The third-order valence-corrected chi connectivity index (χ3v) is 6.58. The Morgan fingerprint density at radius 1 is 1.27 bits per heavy atom. The number of aryl methyl sites for hydroxylation is 2. The fourth-order valence-electron chi connectivity index (χ4n) is 3.36. The molecule has 0 aliphatic carbocycles. The van der Waals surface area contributed by atoms with Crippen LogP contribution in [-0.4, -0.2) is 39.0 Å². The molecule has 33 heavy (non-hydrogen) atoms. The average Bonchev–Trinajstić information content (AvgIpc) is 3.45. The molecule has 4 aromatic rings. The molecule has 0 aliphatic rings. The molecule has 0 radical (unpaired) electrons. The largest absolute Gasteiger partial charge is 0.452 e. The van der Waals surface area contributed by atoms with E-state index in [0.29, 0.717) is 33.7 Å². The van der Waals surface area contributed by atoms with Crippen LogP contribution in [0.4, 0.5) is 5.69 Å². The van der Waals surface area contributed by atoms with Crippen LogP contribution in [0.15, 0.2) is 52.7 Å². The van der Waals surface area contributed by atoms with E-state index >= 15 is 0 Å². The lowest BCUT2D eigenvalue weighted by molar-refractivity contribution is -0.119. The summed E-state index contributed by atoms with van der Waals surface area (Å²) >= 11 is 2.83. The summed E-state index contributed by atoms with van der Waals surface area (Å²) in [4.78, 5) is 31.8. The van der Waals surface area contributed by atoms with Gasteiger partial charge in [0.05, 0.1) is 44.7 Å². The van der Waals surface area contributed by atoms with Crippen LogP contribution in [0, 0.1) is 18.3 Å². The molecule has 3 aromatic heterocycles. The summed E-state index contributed by atoms with van der Waals surface area (Å²) in [5.41, 5.74) is 2.73. The molecular formula is C23H19N5O3S2. The van der Waals surface area contributed by atoms with E-state index in [-0.39, 0.29) is 5.75 Å². The Labute approximate surface area is 198 Å². The first-order chi connectivity index (χ1) is 16.0. The second-order valence-electron chi connectivity index (χ2n) is 7.01. The second-order valence-corrected chi connectivity index (χ2v) is 8.97. The number of nitrogens with one attached hydrogen (secondary N) is 1. The number of nitrogens with zero attached hydrogens (tertiary/aromatic N) is 4. The predicted octanol–water partition coefficient (Wildman–Crippen LogP) is 4.42. The Kier molecular flexibility index (Phi) is 6.72. The van der Waals surface area contributed by atoms with Gasteiger partial charge in [0.2, 0.25) is 0 Å². The minimum Gasteiger partial charge on any atom is -0.452 e. The van der Waals surface area contributed by atoms with Gasteiger partial charge in [0.1, 0.15) is 0 Å². The number of pyridine rings is 1. The van der Waals surface area contributed by atoms with Gasteiger partial charge in [-0.25, -0.2) is 9.78 Å². The lowest BCUT2D eigenvalue weighted by Crippen LogP contribution is -2.21. The molecule has 8 nitrogen and oxygen atoms in total. The number of carbonyl (C=O) groups is 2. The van der Waals surface area contributed by atoms with E-state index in [2.05, 4.69) is 21.5 Å². The van der Waals surface area contributed by atoms with Gasteiger partial charge in [-0.2, -0.15) is 10.4 Å². The van der Waals surface area contributed by atoms with E-state index in [1.165, 1.54) is 23.1 Å². The topological polar surface area (TPSA) is 110 Å². The minimum absolute atomic E-state index is 0.261. The van der Waals surface area contributed by atoms with E-state index < -0.39 is 18.5 Å². The molecule has 0 bridgehead atoms. The van der Waals surface area contributed by atoms with Crippen LogP contribution >= 0.6 is 23.1 Å². The highest BCUT2D eigenvalue weighted by atomic mass is 32.2. The number of hydrogen-bond donors (Lipinski definition) is 1. The number of carbonyl (C=O) groups excluding carboxylic acids is 2. The molecule has 10 heteroatoms. The smallest absolute Gasteiger partial charge is 0.339 e. The number of hydrogen-bond acceptors (Lipinski definition) is 8. The van der Waals surface area contributed by atoms with E-state index in [1.54, 1.807) is 36.9 Å². The fourth-order valence-corrected chi connectivity index (χ4v) is 4.71. The number of esters is 1. The molecule has 0 fully saturated rings. The quantitative estimate of drug-likeness (QED) is 0.310. The number of aromatic nitrogens is 3. The Morgan fingerprint density at radius 2 is 2.09 bits per heavy atom. The van der Waals surface area contributed by atoms with Gasteiger partial charge < -0.3 is 10.1 Å². The second kappa shape index (κ2) is 9.85. The first kappa shape index (κ1) is 22.5. The summed E-state index contributed by atoms with van der Waals surface area (Å²) in [6.07, 6.45) is 0. The third-order valence-electron chi connectivity index (χ3n) is 4.75. The normalized spacial score (nSPS) is 10.7. The van der Waals surface area contributed by atoms with Crippen molar-refractivity contribution in [3.05, 3.63) is 59.1 Å². The average molecular weight is 478 g/mol. The fraction of sp³-hybridized carbons (Fsp3) is 0.174. The highest BCUT2D eigenvalue weighted by Gasteiger charge is 2.21. The maximum absolute atomic E-state index is 13.0. The maximum atomic E-state index is 13.0. The lowest BCUT2D eigenvalue weighted by Gasteiger charge is -2.11. The van der Waals surface area contributed by atoms with E-state index in [9.17, 15) is 9.59 Å². The monoisotopic (exact) mass is 477 g/mol. The molecule has 166 valence electrons. The number of para-hydroxylation sites is 1. The molecule has 1 amide bonds. The molecule has 0 spiro atoms. The van der Waals surface area contributed by atoms with Crippen LogP contribution in [-0.2, 0) is 16.6 Å². The van der Waals surface area contributed by atoms with Crippen molar-refractivity contribution < 1.29 is 14.3 Å². The number of thiophene rings is 1. The first-order valence-corrected chi connectivity index (χ1v) is 11.8. The molecule has 0 aliphatic heterocycles.